The first-order valence-electron chi connectivity index (χ1n) is 12.0. The van der Waals surface area contributed by atoms with Gasteiger partial charge in [-0.25, -0.2) is 4.39 Å². The molecule has 2 fully saturated rings. The summed E-state index contributed by atoms with van der Waals surface area (Å²) in [5, 5.41) is 9.15. The second-order valence-corrected chi connectivity index (χ2v) is 9.56. The molecule has 1 N–H and O–H groups in total. The lowest BCUT2D eigenvalue weighted by Crippen LogP contribution is -2.44. The van der Waals surface area contributed by atoms with E-state index in [0.29, 0.717) is 42.4 Å². The van der Waals surface area contributed by atoms with E-state index in [1.54, 1.807) is 36.4 Å². The van der Waals surface area contributed by atoms with Gasteiger partial charge in [-0.15, -0.1) is 0 Å². The number of benzene rings is 2. The number of hydrogen-bond donors (Lipinski definition) is 1. The second-order valence-electron chi connectivity index (χ2n) is 9.56. The van der Waals surface area contributed by atoms with Gasteiger partial charge in [0.15, 0.2) is 0 Å². The lowest BCUT2D eigenvalue weighted by molar-refractivity contribution is -0.169. The lowest BCUT2D eigenvalue weighted by atomic mass is 9.95. The Bertz CT molecular complexity index is 1060. The summed E-state index contributed by atoms with van der Waals surface area (Å²) in [5.74, 6) is -1.73. The highest BCUT2D eigenvalue weighted by atomic mass is 19.4. The Labute approximate surface area is 207 Å². The number of aliphatic carboxylic acids is 1. The summed E-state index contributed by atoms with van der Waals surface area (Å²) < 4.78 is 65.7. The van der Waals surface area contributed by atoms with Gasteiger partial charge in [0.05, 0.1) is 25.1 Å². The van der Waals surface area contributed by atoms with Crippen LogP contribution in [0.3, 0.4) is 0 Å². The maximum absolute atomic E-state index is 14.4. The third-order valence-electron chi connectivity index (χ3n) is 7.06. The van der Waals surface area contributed by atoms with Gasteiger partial charge < -0.3 is 24.4 Å². The average Bonchev–Trinajstić information content (AvgIpc) is 3.25. The van der Waals surface area contributed by atoms with Crippen molar-refractivity contribution in [3.05, 3.63) is 48.3 Å². The summed E-state index contributed by atoms with van der Waals surface area (Å²) in [7, 11) is 1.54. The number of rotatable bonds is 7. The molecule has 0 spiro atoms. The van der Waals surface area contributed by atoms with Crippen LogP contribution in [0.5, 0.6) is 11.5 Å². The molecule has 0 amide bonds. The Morgan fingerprint density at radius 3 is 2.42 bits per heavy atom. The molecule has 2 aliphatic rings. The van der Waals surface area contributed by atoms with Crippen LogP contribution < -0.4 is 19.3 Å². The van der Waals surface area contributed by atoms with Crippen LogP contribution in [0.4, 0.5) is 28.9 Å². The fourth-order valence-corrected chi connectivity index (χ4v) is 5.14. The predicted molar refractivity (Wildman–Crippen MR) is 127 cm³/mol. The van der Waals surface area contributed by atoms with E-state index in [4.69, 9.17) is 14.6 Å². The monoisotopic (exact) mass is 510 g/mol. The van der Waals surface area contributed by atoms with Crippen molar-refractivity contribution in [3.63, 3.8) is 0 Å². The molecule has 2 aliphatic heterocycles. The maximum atomic E-state index is 14.4. The first kappa shape index (κ1) is 25.9. The molecule has 0 aliphatic carbocycles. The van der Waals surface area contributed by atoms with Gasteiger partial charge in [-0.1, -0.05) is 6.92 Å². The van der Waals surface area contributed by atoms with Gasteiger partial charge in [0.1, 0.15) is 23.4 Å². The van der Waals surface area contributed by atoms with Crippen molar-refractivity contribution in [2.75, 3.05) is 36.5 Å². The molecule has 2 saturated heterocycles. The van der Waals surface area contributed by atoms with Crippen molar-refractivity contribution >= 4 is 17.3 Å². The van der Waals surface area contributed by atoms with Crippen molar-refractivity contribution in [1.29, 1.82) is 0 Å². The Morgan fingerprint density at radius 1 is 1.11 bits per heavy atom. The molecule has 0 radical (unpaired) electrons. The molecule has 2 heterocycles. The van der Waals surface area contributed by atoms with Gasteiger partial charge in [0.2, 0.25) is 0 Å². The maximum Gasteiger partial charge on any atom is 0.393 e. The minimum Gasteiger partial charge on any atom is -0.497 e. The van der Waals surface area contributed by atoms with Crippen LogP contribution >= 0.6 is 0 Å². The van der Waals surface area contributed by atoms with Crippen molar-refractivity contribution in [1.82, 2.24) is 0 Å². The molecule has 10 heteroatoms. The van der Waals surface area contributed by atoms with Crippen LogP contribution in [0.25, 0.3) is 0 Å². The van der Waals surface area contributed by atoms with Crippen molar-refractivity contribution in [3.8, 4) is 11.5 Å². The lowest BCUT2D eigenvalue weighted by Gasteiger charge is -2.38. The molecule has 2 unspecified atom stereocenters. The van der Waals surface area contributed by atoms with Gasteiger partial charge in [0, 0.05) is 49.8 Å². The Hall–Kier alpha value is -3.17. The molecule has 196 valence electrons. The number of methoxy groups -OCH3 is 1. The van der Waals surface area contributed by atoms with E-state index in [2.05, 4.69) is 0 Å². The van der Waals surface area contributed by atoms with Crippen LogP contribution in [-0.4, -0.2) is 56.1 Å². The summed E-state index contributed by atoms with van der Waals surface area (Å²) in [6.07, 6.45) is -4.40. The fraction of sp³-hybridized carbons (Fsp3) is 0.500. The SMILES string of the molecule is COc1ccc(F)c(N2CCC(Oc3ccc(N4C[C@H](C(F)(F)F)C[C@@H]4CC(=O)O)cc3)C(C)C2)c1. The molecule has 0 aromatic heterocycles. The smallest absolute Gasteiger partial charge is 0.393 e. The summed E-state index contributed by atoms with van der Waals surface area (Å²) in [4.78, 5) is 14.7. The molecule has 0 bridgehead atoms. The summed E-state index contributed by atoms with van der Waals surface area (Å²) in [5.41, 5.74) is 1.03. The van der Waals surface area contributed by atoms with E-state index in [0.717, 1.165) is 0 Å². The molecule has 2 aromatic rings. The number of hydrogen-bond acceptors (Lipinski definition) is 5. The number of halogens is 4. The summed E-state index contributed by atoms with van der Waals surface area (Å²) >= 11 is 0. The third kappa shape index (κ3) is 5.79. The van der Waals surface area contributed by atoms with E-state index < -0.39 is 24.1 Å². The van der Waals surface area contributed by atoms with Crippen LogP contribution in [0.1, 0.15) is 26.2 Å². The topological polar surface area (TPSA) is 62.2 Å². The zero-order valence-electron chi connectivity index (χ0n) is 20.2. The van der Waals surface area contributed by atoms with E-state index in [-0.39, 0.29) is 37.2 Å². The first-order chi connectivity index (χ1) is 17.0. The minimum atomic E-state index is -4.37. The third-order valence-corrected chi connectivity index (χ3v) is 7.06. The molecular formula is C26H30F4N2O4. The number of carbonyl (C=O) groups is 1. The molecule has 0 saturated carbocycles. The average molecular weight is 511 g/mol. The molecule has 36 heavy (non-hydrogen) atoms. The van der Waals surface area contributed by atoms with Crippen molar-refractivity contribution < 1.29 is 36.9 Å². The van der Waals surface area contributed by atoms with Crippen molar-refractivity contribution in [2.45, 2.75) is 44.5 Å². The van der Waals surface area contributed by atoms with Crippen LogP contribution in [-0.2, 0) is 4.79 Å². The van der Waals surface area contributed by atoms with Gasteiger partial charge in [0.25, 0.3) is 0 Å². The standard InChI is InChI=1S/C26H30F4N2O4/c1-16-14-31(23-13-21(35-2)7-8-22(23)27)10-9-24(16)36-20-5-3-18(4-6-20)32-15-17(26(28,29)30)11-19(32)12-25(33)34/h3-8,13,16-17,19,24H,9-12,14-15H2,1-2H3,(H,33,34)/t16?,17-,19-,24?/m1/s1. The van der Waals surface area contributed by atoms with Gasteiger partial charge >= 0.3 is 12.1 Å². The second kappa shape index (κ2) is 10.4. The fourth-order valence-electron chi connectivity index (χ4n) is 5.14. The number of anilines is 2. The largest absolute Gasteiger partial charge is 0.497 e. The highest BCUT2D eigenvalue weighted by Gasteiger charge is 2.48. The molecule has 6 nitrogen and oxygen atoms in total. The number of nitrogens with zero attached hydrogens (tertiary/aromatic N) is 2. The molecule has 4 atom stereocenters. The van der Waals surface area contributed by atoms with Gasteiger partial charge in [-0.2, -0.15) is 13.2 Å². The van der Waals surface area contributed by atoms with E-state index in [1.165, 1.54) is 18.1 Å². The van der Waals surface area contributed by atoms with Crippen LogP contribution in [0.15, 0.2) is 42.5 Å². The Morgan fingerprint density at radius 2 is 1.81 bits per heavy atom. The normalized spacial score (nSPS) is 24.6. The molecular weight excluding hydrogens is 480 g/mol. The quantitative estimate of drug-likeness (QED) is 0.506. The minimum absolute atomic E-state index is 0.0927. The number of carboxylic acids is 1. The highest BCUT2D eigenvalue weighted by Crippen LogP contribution is 2.40. The van der Waals surface area contributed by atoms with Crippen LogP contribution in [0.2, 0.25) is 0 Å². The zero-order chi connectivity index (χ0) is 26.0. The van der Waals surface area contributed by atoms with E-state index in [1.807, 2.05) is 11.8 Å². The van der Waals surface area contributed by atoms with Gasteiger partial charge in [-0.3, -0.25) is 4.79 Å². The number of carboxylic acid groups (broad SMARTS) is 1. The number of alkyl halides is 3. The molecule has 2 aromatic carbocycles. The first-order valence-corrected chi connectivity index (χ1v) is 12.0. The summed E-state index contributed by atoms with van der Waals surface area (Å²) in [6, 6.07) is 10.7. The predicted octanol–water partition coefficient (Wildman–Crippen LogP) is 5.36. The Kier molecular flexibility index (Phi) is 7.51. The Balaban J connectivity index is 1.40. The summed E-state index contributed by atoms with van der Waals surface area (Å²) in [6.45, 7) is 2.95. The number of piperidine rings is 1. The highest BCUT2D eigenvalue weighted by molar-refractivity contribution is 5.69. The number of ether oxygens (including phenoxy) is 2. The van der Waals surface area contributed by atoms with Gasteiger partial charge in [-0.05, 0) is 42.8 Å². The van der Waals surface area contributed by atoms with E-state index >= 15 is 0 Å². The van der Waals surface area contributed by atoms with Crippen molar-refractivity contribution in [2.24, 2.45) is 11.8 Å². The van der Waals surface area contributed by atoms with Crippen LogP contribution in [0, 0.1) is 17.7 Å². The molecule has 4 rings (SSSR count). The van der Waals surface area contributed by atoms with E-state index in [9.17, 15) is 22.4 Å². The zero-order valence-corrected chi connectivity index (χ0v) is 20.2.